The van der Waals surface area contributed by atoms with E-state index in [-0.39, 0.29) is 0 Å². The quantitative estimate of drug-likeness (QED) is 0.859. The van der Waals surface area contributed by atoms with E-state index in [0.29, 0.717) is 15.1 Å². The standard InChI is InChI=1S/C8H7BrClFO/c9-7-2-1-5(10)3-6(7)8(12)4-11/h1-3,8,12H,4H2/t8-/m1/s1. The number of rotatable bonds is 2. The van der Waals surface area contributed by atoms with Gasteiger partial charge in [-0.2, -0.15) is 0 Å². The highest BCUT2D eigenvalue weighted by molar-refractivity contribution is 9.10. The van der Waals surface area contributed by atoms with E-state index in [4.69, 9.17) is 11.6 Å². The molecule has 66 valence electrons. The third kappa shape index (κ3) is 2.19. The summed E-state index contributed by atoms with van der Waals surface area (Å²) in [5.41, 5.74) is 0.477. The van der Waals surface area contributed by atoms with Gasteiger partial charge in [-0.05, 0) is 23.8 Å². The van der Waals surface area contributed by atoms with E-state index in [1.165, 1.54) is 6.07 Å². The lowest BCUT2D eigenvalue weighted by Crippen LogP contribution is -1.99. The maximum absolute atomic E-state index is 12.1. The molecule has 0 aliphatic carbocycles. The minimum atomic E-state index is -1.10. The molecule has 1 atom stereocenters. The van der Waals surface area contributed by atoms with Gasteiger partial charge in [0.05, 0.1) is 0 Å². The van der Waals surface area contributed by atoms with Crippen LogP contribution in [0.25, 0.3) is 0 Å². The first kappa shape index (κ1) is 9.96. The van der Waals surface area contributed by atoms with Gasteiger partial charge in [-0.1, -0.05) is 27.5 Å². The molecule has 0 fully saturated rings. The predicted octanol–water partition coefficient (Wildman–Crippen LogP) is 3.11. The molecule has 0 heterocycles. The summed E-state index contributed by atoms with van der Waals surface area (Å²) in [5.74, 6) is 0. The topological polar surface area (TPSA) is 20.2 Å². The summed E-state index contributed by atoms with van der Waals surface area (Å²) in [7, 11) is 0. The summed E-state index contributed by atoms with van der Waals surface area (Å²) in [6.45, 7) is -0.807. The van der Waals surface area contributed by atoms with Crippen LogP contribution in [0.4, 0.5) is 4.39 Å². The van der Waals surface area contributed by atoms with Crippen LogP contribution < -0.4 is 0 Å². The Labute approximate surface area is 83.3 Å². The second kappa shape index (κ2) is 4.21. The molecule has 0 radical (unpaired) electrons. The summed E-state index contributed by atoms with van der Waals surface area (Å²) in [6, 6.07) is 4.88. The van der Waals surface area contributed by atoms with Crippen molar-refractivity contribution in [3.63, 3.8) is 0 Å². The number of halogens is 3. The summed E-state index contributed by atoms with van der Waals surface area (Å²) >= 11 is 8.85. The number of aliphatic hydroxyl groups excluding tert-OH is 1. The highest BCUT2D eigenvalue weighted by Gasteiger charge is 2.10. The van der Waals surface area contributed by atoms with Crippen molar-refractivity contribution >= 4 is 27.5 Å². The van der Waals surface area contributed by atoms with Gasteiger partial charge in [0.25, 0.3) is 0 Å². The molecule has 1 rings (SSSR count). The zero-order valence-electron chi connectivity index (χ0n) is 6.10. The zero-order valence-corrected chi connectivity index (χ0v) is 8.44. The van der Waals surface area contributed by atoms with Crippen LogP contribution in [0.5, 0.6) is 0 Å². The first-order valence-corrected chi connectivity index (χ1v) is 4.51. The normalized spacial score (nSPS) is 13.0. The third-order valence-electron chi connectivity index (χ3n) is 1.46. The lowest BCUT2D eigenvalue weighted by atomic mass is 10.1. The molecule has 0 aromatic heterocycles. The van der Waals surface area contributed by atoms with Gasteiger partial charge in [0, 0.05) is 9.50 Å². The van der Waals surface area contributed by atoms with Crippen LogP contribution in [0.15, 0.2) is 22.7 Å². The molecule has 0 spiro atoms. The SMILES string of the molecule is O[C@H](CF)c1cc(Cl)ccc1Br. The van der Waals surface area contributed by atoms with Crippen LogP contribution in [-0.4, -0.2) is 11.8 Å². The van der Waals surface area contributed by atoms with Crippen LogP contribution in [0.3, 0.4) is 0 Å². The molecular formula is C8H7BrClFO. The maximum atomic E-state index is 12.1. The van der Waals surface area contributed by atoms with Gasteiger partial charge in [-0.3, -0.25) is 0 Å². The molecule has 0 bridgehead atoms. The van der Waals surface area contributed by atoms with Gasteiger partial charge in [0.15, 0.2) is 0 Å². The van der Waals surface area contributed by atoms with Crippen LogP contribution in [0.2, 0.25) is 5.02 Å². The zero-order chi connectivity index (χ0) is 9.14. The number of hydrogen-bond donors (Lipinski definition) is 1. The minimum Gasteiger partial charge on any atom is -0.386 e. The Balaban J connectivity index is 3.04. The average molecular weight is 253 g/mol. The van der Waals surface area contributed by atoms with Crippen LogP contribution in [-0.2, 0) is 0 Å². The average Bonchev–Trinajstić information content (AvgIpc) is 2.08. The Morgan fingerprint density at radius 3 is 2.83 bits per heavy atom. The molecule has 12 heavy (non-hydrogen) atoms. The van der Waals surface area contributed by atoms with Crippen molar-refractivity contribution in [3.8, 4) is 0 Å². The molecule has 0 aliphatic rings. The lowest BCUT2D eigenvalue weighted by molar-refractivity contribution is 0.141. The molecule has 1 nitrogen and oxygen atoms in total. The summed E-state index contributed by atoms with van der Waals surface area (Å²) < 4.78 is 12.7. The van der Waals surface area contributed by atoms with Crippen molar-refractivity contribution in [2.75, 3.05) is 6.67 Å². The fraction of sp³-hybridized carbons (Fsp3) is 0.250. The van der Waals surface area contributed by atoms with Gasteiger partial charge in [-0.25, -0.2) is 4.39 Å². The van der Waals surface area contributed by atoms with Crippen LogP contribution in [0.1, 0.15) is 11.7 Å². The summed E-state index contributed by atoms with van der Waals surface area (Å²) in [5, 5.41) is 9.66. The molecule has 1 N–H and O–H groups in total. The number of hydrogen-bond acceptors (Lipinski definition) is 1. The molecule has 4 heteroatoms. The Morgan fingerprint density at radius 1 is 1.58 bits per heavy atom. The first-order chi connectivity index (χ1) is 5.65. The predicted molar refractivity (Wildman–Crippen MR) is 50.1 cm³/mol. The lowest BCUT2D eigenvalue weighted by Gasteiger charge is -2.08. The molecule has 1 aromatic rings. The second-order valence-electron chi connectivity index (χ2n) is 2.34. The molecule has 0 unspecified atom stereocenters. The van der Waals surface area contributed by atoms with E-state index in [1.807, 2.05) is 0 Å². The van der Waals surface area contributed by atoms with Crippen molar-refractivity contribution in [2.24, 2.45) is 0 Å². The van der Waals surface area contributed by atoms with Gasteiger partial charge < -0.3 is 5.11 Å². The Morgan fingerprint density at radius 2 is 2.25 bits per heavy atom. The first-order valence-electron chi connectivity index (χ1n) is 3.34. The van der Waals surface area contributed by atoms with Crippen molar-refractivity contribution in [2.45, 2.75) is 6.10 Å². The van der Waals surface area contributed by atoms with Crippen molar-refractivity contribution in [1.82, 2.24) is 0 Å². The van der Waals surface area contributed by atoms with E-state index in [2.05, 4.69) is 15.9 Å². The molecule has 0 saturated carbocycles. The number of alkyl halides is 1. The Bertz CT molecular complexity index is 280. The largest absolute Gasteiger partial charge is 0.386 e. The monoisotopic (exact) mass is 252 g/mol. The van der Waals surface area contributed by atoms with E-state index in [1.54, 1.807) is 12.1 Å². The highest BCUT2D eigenvalue weighted by atomic mass is 79.9. The molecule has 0 amide bonds. The van der Waals surface area contributed by atoms with Crippen LogP contribution >= 0.6 is 27.5 Å². The second-order valence-corrected chi connectivity index (χ2v) is 3.63. The Kier molecular flexibility index (Phi) is 3.50. The number of benzene rings is 1. The molecule has 0 saturated heterocycles. The van der Waals surface area contributed by atoms with Crippen molar-refractivity contribution in [3.05, 3.63) is 33.3 Å². The van der Waals surface area contributed by atoms with E-state index in [0.717, 1.165) is 0 Å². The van der Waals surface area contributed by atoms with Crippen molar-refractivity contribution < 1.29 is 9.50 Å². The molecular weight excluding hydrogens is 246 g/mol. The summed E-state index contributed by atoms with van der Waals surface area (Å²) in [6.07, 6.45) is -1.10. The van der Waals surface area contributed by atoms with Crippen molar-refractivity contribution in [1.29, 1.82) is 0 Å². The van der Waals surface area contributed by atoms with Crippen LogP contribution in [0, 0.1) is 0 Å². The van der Waals surface area contributed by atoms with E-state index < -0.39 is 12.8 Å². The summed E-state index contributed by atoms with van der Waals surface area (Å²) in [4.78, 5) is 0. The molecule has 1 aromatic carbocycles. The van der Waals surface area contributed by atoms with Gasteiger partial charge in [-0.15, -0.1) is 0 Å². The number of aliphatic hydroxyl groups is 1. The highest BCUT2D eigenvalue weighted by Crippen LogP contribution is 2.26. The van der Waals surface area contributed by atoms with E-state index >= 15 is 0 Å². The third-order valence-corrected chi connectivity index (χ3v) is 2.42. The van der Waals surface area contributed by atoms with Gasteiger partial charge in [0.2, 0.25) is 0 Å². The van der Waals surface area contributed by atoms with Gasteiger partial charge in [0.1, 0.15) is 12.8 Å². The Hall–Kier alpha value is -0.120. The minimum absolute atomic E-state index is 0.477. The molecule has 0 aliphatic heterocycles. The van der Waals surface area contributed by atoms with E-state index in [9.17, 15) is 9.50 Å². The van der Waals surface area contributed by atoms with Gasteiger partial charge >= 0.3 is 0 Å². The fourth-order valence-electron chi connectivity index (χ4n) is 0.853. The smallest absolute Gasteiger partial charge is 0.120 e. The maximum Gasteiger partial charge on any atom is 0.120 e. The fourth-order valence-corrected chi connectivity index (χ4v) is 1.54.